The molecule has 0 aliphatic heterocycles. The average molecular weight is 188 g/mol. The van der Waals surface area contributed by atoms with Crippen LogP contribution < -0.4 is 0 Å². The van der Waals surface area contributed by atoms with Crippen LogP contribution in [0.15, 0.2) is 0 Å². The second kappa shape index (κ2) is 5.35. The molecule has 2 nitrogen and oxygen atoms in total. The van der Waals surface area contributed by atoms with Gasteiger partial charge < -0.3 is 9.05 Å². The summed E-state index contributed by atoms with van der Waals surface area (Å²) in [6.07, 6.45) is 9.93. The molecule has 0 fully saturated rings. The van der Waals surface area contributed by atoms with E-state index in [0.717, 1.165) is 0 Å². The lowest BCUT2D eigenvalue weighted by molar-refractivity contribution is 0.299. The Labute approximate surface area is 72.4 Å². The monoisotopic (exact) mass is 188 g/mol. The molecule has 0 aliphatic carbocycles. The lowest BCUT2D eigenvalue weighted by Gasteiger charge is -2.13. The average Bonchev–Trinajstić information content (AvgIpc) is 1.97. The molecule has 0 amide bonds. The minimum absolute atomic E-state index is 0.179. The van der Waals surface area contributed by atoms with Crippen molar-refractivity contribution in [2.45, 2.75) is 0 Å². The molecule has 0 aromatic carbocycles. The smallest absolute Gasteiger partial charge is 0.187 e. The highest BCUT2D eigenvalue weighted by molar-refractivity contribution is 8.09. The molecule has 0 N–H and O–H groups in total. The summed E-state index contributed by atoms with van der Waals surface area (Å²) >= 11 is 4.95. The highest BCUT2D eigenvalue weighted by Crippen LogP contribution is 2.43. The zero-order valence-electron chi connectivity index (χ0n) is 6.24. The maximum Gasteiger partial charge on any atom is 0.187 e. The van der Waals surface area contributed by atoms with E-state index in [4.69, 9.17) is 33.7 Å². The number of hydrogen-bond acceptors (Lipinski definition) is 3. The van der Waals surface area contributed by atoms with Gasteiger partial charge in [-0.1, -0.05) is 11.8 Å². The van der Waals surface area contributed by atoms with Crippen LogP contribution in [0.5, 0.6) is 0 Å². The second-order valence-corrected chi connectivity index (χ2v) is 5.78. The first kappa shape index (κ1) is 10.7. The first-order chi connectivity index (χ1) is 5.12. The largest absolute Gasteiger partial charge is 0.316 e. The van der Waals surface area contributed by atoms with Crippen molar-refractivity contribution in [1.82, 2.24) is 0 Å². The molecule has 0 aromatic rings. The Hall–Kier alpha value is -0.310. The van der Waals surface area contributed by atoms with Crippen LogP contribution in [0.1, 0.15) is 0 Å². The summed E-state index contributed by atoms with van der Waals surface area (Å²) in [5.41, 5.74) is 0. The van der Waals surface area contributed by atoms with Crippen LogP contribution in [-0.2, 0) is 20.9 Å². The van der Waals surface area contributed by atoms with Gasteiger partial charge in [-0.05, 0) is 11.8 Å². The summed E-state index contributed by atoms with van der Waals surface area (Å²) in [5.74, 6) is 4.61. The van der Waals surface area contributed by atoms with E-state index >= 15 is 0 Å². The molecular weight excluding hydrogens is 179 g/mol. The van der Waals surface area contributed by atoms with Gasteiger partial charge in [0.2, 0.25) is 0 Å². The Bertz CT molecular complexity index is 214. The van der Waals surface area contributed by atoms with E-state index < -0.39 is 6.49 Å². The zero-order chi connectivity index (χ0) is 8.74. The predicted molar refractivity (Wildman–Crippen MR) is 49.8 cm³/mol. The van der Waals surface area contributed by atoms with Gasteiger partial charge in [0, 0.05) is 6.66 Å². The number of hydrogen-bond donors (Lipinski definition) is 0. The van der Waals surface area contributed by atoms with Crippen molar-refractivity contribution in [3.63, 3.8) is 0 Å². The van der Waals surface area contributed by atoms with E-state index in [1.807, 2.05) is 0 Å². The Morgan fingerprint density at radius 2 is 1.64 bits per heavy atom. The third-order valence-corrected chi connectivity index (χ3v) is 2.59. The minimum atomic E-state index is -2.18. The SMILES string of the molecule is C#CCOP(C)(=S)OCC#C. The van der Waals surface area contributed by atoms with E-state index in [1.54, 1.807) is 6.66 Å². The molecular formula is C7H9O2PS. The van der Waals surface area contributed by atoms with Crippen LogP contribution in [-0.4, -0.2) is 19.9 Å². The number of rotatable bonds is 4. The van der Waals surface area contributed by atoms with E-state index in [-0.39, 0.29) is 13.2 Å². The van der Waals surface area contributed by atoms with Gasteiger partial charge in [-0.2, -0.15) is 0 Å². The standard InChI is InChI=1S/C7H9O2PS/c1-4-6-8-10(3,11)9-7-5-2/h1-2H,6-7H2,3H3. The van der Waals surface area contributed by atoms with Crippen molar-refractivity contribution in [3.05, 3.63) is 0 Å². The van der Waals surface area contributed by atoms with E-state index in [0.29, 0.717) is 0 Å². The molecule has 0 saturated heterocycles. The first-order valence-corrected chi connectivity index (χ1v) is 5.94. The fourth-order valence-electron chi connectivity index (χ4n) is 0.346. The molecule has 0 saturated carbocycles. The van der Waals surface area contributed by atoms with Crippen molar-refractivity contribution in [3.8, 4) is 24.7 Å². The molecule has 60 valence electrons. The molecule has 0 unspecified atom stereocenters. The highest BCUT2D eigenvalue weighted by atomic mass is 32.5. The molecule has 0 aliphatic rings. The van der Waals surface area contributed by atoms with Crippen LogP contribution in [0.3, 0.4) is 0 Å². The molecule has 4 heteroatoms. The Kier molecular flexibility index (Phi) is 5.20. The van der Waals surface area contributed by atoms with Gasteiger partial charge in [0.1, 0.15) is 13.2 Å². The van der Waals surface area contributed by atoms with Gasteiger partial charge in [0.05, 0.1) is 0 Å². The van der Waals surface area contributed by atoms with Gasteiger partial charge in [-0.25, -0.2) is 0 Å². The minimum Gasteiger partial charge on any atom is -0.316 e. The van der Waals surface area contributed by atoms with Crippen LogP contribution >= 0.6 is 6.49 Å². The summed E-state index contributed by atoms with van der Waals surface area (Å²) in [6, 6.07) is 0. The topological polar surface area (TPSA) is 18.5 Å². The molecule has 0 heterocycles. The summed E-state index contributed by atoms with van der Waals surface area (Å²) in [5, 5.41) is 0. The Morgan fingerprint density at radius 1 is 1.27 bits per heavy atom. The van der Waals surface area contributed by atoms with Crippen molar-refractivity contribution >= 4 is 18.3 Å². The number of terminal acetylenes is 2. The Morgan fingerprint density at radius 3 is 1.91 bits per heavy atom. The van der Waals surface area contributed by atoms with Crippen LogP contribution in [0.25, 0.3) is 0 Å². The second-order valence-electron chi connectivity index (χ2n) is 1.73. The fraction of sp³-hybridized carbons (Fsp3) is 0.429. The van der Waals surface area contributed by atoms with Gasteiger partial charge in [-0.15, -0.1) is 12.8 Å². The van der Waals surface area contributed by atoms with Gasteiger partial charge in [0.25, 0.3) is 0 Å². The van der Waals surface area contributed by atoms with Crippen LogP contribution in [0.2, 0.25) is 0 Å². The molecule has 0 rings (SSSR count). The maximum absolute atomic E-state index is 5.05. The molecule has 0 radical (unpaired) electrons. The summed E-state index contributed by atoms with van der Waals surface area (Å²) in [4.78, 5) is 0. The quantitative estimate of drug-likeness (QED) is 0.488. The highest BCUT2D eigenvalue weighted by Gasteiger charge is 2.08. The van der Waals surface area contributed by atoms with Gasteiger partial charge in [-0.3, -0.25) is 0 Å². The van der Waals surface area contributed by atoms with E-state index in [1.165, 1.54) is 0 Å². The van der Waals surface area contributed by atoms with Crippen LogP contribution in [0.4, 0.5) is 0 Å². The third-order valence-electron chi connectivity index (χ3n) is 0.765. The Balaban J connectivity index is 3.75. The van der Waals surface area contributed by atoms with Crippen molar-refractivity contribution in [2.75, 3.05) is 19.9 Å². The van der Waals surface area contributed by atoms with Crippen molar-refractivity contribution in [1.29, 1.82) is 0 Å². The van der Waals surface area contributed by atoms with Gasteiger partial charge >= 0.3 is 0 Å². The fourth-order valence-corrected chi connectivity index (χ4v) is 1.36. The maximum atomic E-state index is 5.05. The first-order valence-electron chi connectivity index (χ1n) is 2.86. The van der Waals surface area contributed by atoms with Crippen LogP contribution in [0, 0.1) is 24.7 Å². The van der Waals surface area contributed by atoms with E-state index in [2.05, 4.69) is 11.8 Å². The zero-order valence-corrected chi connectivity index (χ0v) is 7.95. The normalized spacial score (nSPS) is 10.1. The third kappa shape index (κ3) is 6.10. The van der Waals surface area contributed by atoms with Crippen molar-refractivity contribution < 1.29 is 9.05 Å². The molecule has 0 bridgehead atoms. The lowest BCUT2D eigenvalue weighted by Crippen LogP contribution is -1.94. The summed E-state index contributed by atoms with van der Waals surface area (Å²) in [7, 11) is 0. The van der Waals surface area contributed by atoms with Crippen molar-refractivity contribution in [2.24, 2.45) is 0 Å². The lowest BCUT2D eigenvalue weighted by atomic mass is 10.8. The molecule has 11 heavy (non-hydrogen) atoms. The van der Waals surface area contributed by atoms with Gasteiger partial charge in [0.15, 0.2) is 6.49 Å². The predicted octanol–water partition coefficient (Wildman–Crippen LogP) is 1.23. The molecule has 0 spiro atoms. The molecule has 0 aromatic heterocycles. The summed E-state index contributed by atoms with van der Waals surface area (Å²) < 4.78 is 10.1. The molecule has 0 atom stereocenters. The summed E-state index contributed by atoms with van der Waals surface area (Å²) in [6.45, 7) is -0.128. The van der Waals surface area contributed by atoms with E-state index in [9.17, 15) is 0 Å².